The summed E-state index contributed by atoms with van der Waals surface area (Å²) in [5.74, 6) is -0.364. The maximum atomic E-state index is 13.3. The molecule has 108 valence electrons. The average molecular weight is 362 g/mol. The highest BCUT2D eigenvalue weighted by molar-refractivity contribution is 9.10. The van der Waals surface area contributed by atoms with Gasteiger partial charge in [0.1, 0.15) is 10.7 Å². The first-order valence-corrected chi connectivity index (χ1v) is 8.05. The number of primary sulfonamides is 1. The molecule has 2 rings (SSSR count). The largest absolute Gasteiger partial charge is 0.264 e. The lowest BCUT2D eigenvalue weighted by Crippen LogP contribution is -2.14. The second-order valence-electron chi connectivity index (χ2n) is 4.44. The SMILES string of the molecule is Cc1nn(Cc2cc(F)ccc2Br)c(C)c1S(N)(=O)=O. The number of hydrogen-bond donors (Lipinski definition) is 1. The lowest BCUT2D eigenvalue weighted by molar-refractivity contribution is 0.595. The van der Waals surface area contributed by atoms with E-state index in [1.54, 1.807) is 19.9 Å². The second-order valence-corrected chi connectivity index (χ2v) is 6.79. The molecule has 0 aliphatic carbocycles. The zero-order chi connectivity index (χ0) is 15.1. The van der Waals surface area contributed by atoms with Gasteiger partial charge < -0.3 is 0 Å². The van der Waals surface area contributed by atoms with E-state index in [1.165, 1.54) is 16.8 Å². The van der Waals surface area contributed by atoms with Crippen LogP contribution in [0.2, 0.25) is 0 Å². The standard InChI is InChI=1S/C12H13BrFN3O2S/c1-7-12(20(15,18)19)8(2)17(16-7)6-9-5-10(14)3-4-11(9)13/h3-5H,6H2,1-2H3,(H2,15,18,19). The molecule has 8 heteroatoms. The summed E-state index contributed by atoms with van der Waals surface area (Å²) >= 11 is 3.33. The molecule has 0 saturated heterocycles. The van der Waals surface area contributed by atoms with E-state index in [0.29, 0.717) is 17.0 Å². The van der Waals surface area contributed by atoms with Crippen molar-refractivity contribution >= 4 is 26.0 Å². The number of hydrogen-bond acceptors (Lipinski definition) is 3. The van der Waals surface area contributed by atoms with Crippen LogP contribution in [-0.4, -0.2) is 18.2 Å². The molecule has 1 heterocycles. The quantitative estimate of drug-likeness (QED) is 0.908. The van der Waals surface area contributed by atoms with Gasteiger partial charge in [-0.15, -0.1) is 0 Å². The fourth-order valence-corrected chi connectivity index (χ4v) is 3.41. The predicted molar refractivity (Wildman–Crippen MR) is 76.3 cm³/mol. The average Bonchev–Trinajstić information content (AvgIpc) is 2.58. The highest BCUT2D eigenvalue weighted by Gasteiger charge is 2.21. The van der Waals surface area contributed by atoms with E-state index in [0.717, 1.165) is 4.47 Å². The summed E-state index contributed by atoms with van der Waals surface area (Å²) in [6.07, 6.45) is 0. The molecule has 0 bridgehead atoms. The number of halogens is 2. The first kappa shape index (κ1) is 15.1. The van der Waals surface area contributed by atoms with Gasteiger partial charge in [-0.1, -0.05) is 15.9 Å². The van der Waals surface area contributed by atoms with Gasteiger partial charge in [0.05, 0.1) is 17.9 Å². The molecule has 0 spiro atoms. The molecule has 0 aliphatic heterocycles. The van der Waals surface area contributed by atoms with E-state index in [-0.39, 0.29) is 17.3 Å². The molecule has 0 fully saturated rings. The summed E-state index contributed by atoms with van der Waals surface area (Å²) in [5.41, 5.74) is 1.43. The lowest BCUT2D eigenvalue weighted by atomic mass is 10.2. The fourth-order valence-electron chi connectivity index (χ4n) is 2.07. The van der Waals surface area contributed by atoms with Crippen LogP contribution >= 0.6 is 15.9 Å². The highest BCUT2D eigenvalue weighted by Crippen LogP contribution is 2.22. The maximum Gasteiger partial charge on any atom is 0.241 e. The Bertz CT molecular complexity index is 771. The summed E-state index contributed by atoms with van der Waals surface area (Å²) in [6, 6.07) is 4.30. The first-order chi connectivity index (χ1) is 9.20. The Labute approximate surface area is 124 Å². The van der Waals surface area contributed by atoms with Crippen molar-refractivity contribution < 1.29 is 12.8 Å². The molecule has 1 aromatic carbocycles. The van der Waals surface area contributed by atoms with Crippen LogP contribution in [0.15, 0.2) is 27.6 Å². The molecule has 5 nitrogen and oxygen atoms in total. The summed E-state index contributed by atoms with van der Waals surface area (Å²) in [5, 5.41) is 9.33. The molecule has 0 unspecified atom stereocenters. The first-order valence-electron chi connectivity index (χ1n) is 5.71. The van der Waals surface area contributed by atoms with Crippen molar-refractivity contribution in [1.29, 1.82) is 0 Å². The van der Waals surface area contributed by atoms with E-state index in [9.17, 15) is 12.8 Å². The number of aromatic nitrogens is 2. The summed E-state index contributed by atoms with van der Waals surface area (Å²) in [6.45, 7) is 3.44. The third-order valence-electron chi connectivity index (χ3n) is 2.93. The normalized spacial score (nSPS) is 11.8. The van der Waals surface area contributed by atoms with E-state index in [2.05, 4.69) is 21.0 Å². The van der Waals surface area contributed by atoms with Crippen LogP contribution < -0.4 is 5.14 Å². The molecule has 2 aromatic rings. The van der Waals surface area contributed by atoms with Gasteiger partial charge in [0.2, 0.25) is 10.0 Å². The molecule has 20 heavy (non-hydrogen) atoms. The van der Waals surface area contributed by atoms with Crippen molar-refractivity contribution in [2.24, 2.45) is 5.14 Å². The van der Waals surface area contributed by atoms with Gasteiger partial charge >= 0.3 is 0 Å². The third kappa shape index (κ3) is 2.92. The molecule has 0 aliphatic rings. The molecule has 0 atom stereocenters. The zero-order valence-corrected chi connectivity index (χ0v) is 13.3. The minimum atomic E-state index is -3.82. The molecule has 0 saturated carbocycles. The number of sulfonamides is 1. The molecule has 1 aromatic heterocycles. The van der Waals surface area contributed by atoms with Gasteiger partial charge in [-0.05, 0) is 37.6 Å². The van der Waals surface area contributed by atoms with Gasteiger partial charge in [0.25, 0.3) is 0 Å². The molecule has 2 N–H and O–H groups in total. The van der Waals surface area contributed by atoms with Crippen molar-refractivity contribution in [2.45, 2.75) is 25.3 Å². The molecule has 0 radical (unpaired) electrons. The van der Waals surface area contributed by atoms with Gasteiger partial charge in [-0.25, -0.2) is 17.9 Å². The minimum Gasteiger partial charge on any atom is -0.264 e. The van der Waals surface area contributed by atoms with Crippen molar-refractivity contribution in [3.8, 4) is 0 Å². The smallest absolute Gasteiger partial charge is 0.241 e. The Balaban J connectivity index is 2.48. The number of rotatable bonds is 3. The minimum absolute atomic E-state index is 0.0185. The van der Waals surface area contributed by atoms with Crippen molar-refractivity contribution in [2.75, 3.05) is 0 Å². The summed E-state index contributed by atoms with van der Waals surface area (Å²) < 4.78 is 38.5. The van der Waals surface area contributed by atoms with Crippen molar-refractivity contribution in [1.82, 2.24) is 9.78 Å². The van der Waals surface area contributed by atoms with Crippen LogP contribution in [0.25, 0.3) is 0 Å². The van der Waals surface area contributed by atoms with E-state index >= 15 is 0 Å². The monoisotopic (exact) mass is 361 g/mol. The second kappa shape index (κ2) is 5.27. The number of nitrogens with zero attached hydrogens (tertiary/aromatic N) is 2. The highest BCUT2D eigenvalue weighted by atomic mass is 79.9. The fraction of sp³-hybridized carbons (Fsp3) is 0.250. The third-order valence-corrected chi connectivity index (χ3v) is 4.86. The van der Waals surface area contributed by atoms with Gasteiger partial charge in [0, 0.05) is 4.47 Å². The van der Waals surface area contributed by atoms with E-state index in [4.69, 9.17) is 5.14 Å². The topological polar surface area (TPSA) is 78.0 Å². The van der Waals surface area contributed by atoms with E-state index < -0.39 is 10.0 Å². The van der Waals surface area contributed by atoms with E-state index in [1.807, 2.05) is 0 Å². The van der Waals surface area contributed by atoms with Crippen LogP contribution in [-0.2, 0) is 16.6 Å². The Kier molecular flexibility index (Phi) is 3.99. The molecular weight excluding hydrogens is 349 g/mol. The lowest BCUT2D eigenvalue weighted by Gasteiger charge is -2.07. The Morgan fingerprint density at radius 3 is 2.60 bits per heavy atom. The van der Waals surface area contributed by atoms with Gasteiger partial charge in [0.15, 0.2) is 0 Å². The number of aryl methyl sites for hydroxylation is 1. The number of benzene rings is 1. The van der Waals surface area contributed by atoms with Crippen molar-refractivity contribution in [3.05, 3.63) is 45.4 Å². The van der Waals surface area contributed by atoms with Gasteiger partial charge in [-0.2, -0.15) is 5.10 Å². The molecule has 0 amide bonds. The Morgan fingerprint density at radius 2 is 2.05 bits per heavy atom. The Morgan fingerprint density at radius 1 is 1.40 bits per heavy atom. The van der Waals surface area contributed by atoms with Crippen LogP contribution in [0.5, 0.6) is 0 Å². The van der Waals surface area contributed by atoms with Crippen LogP contribution in [0, 0.1) is 19.7 Å². The van der Waals surface area contributed by atoms with Crippen LogP contribution in [0.3, 0.4) is 0 Å². The predicted octanol–water partition coefficient (Wildman–Crippen LogP) is 2.10. The van der Waals surface area contributed by atoms with Crippen LogP contribution in [0.4, 0.5) is 4.39 Å². The van der Waals surface area contributed by atoms with Crippen LogP contribution in [0.1, 0.15) is 17.0 Å². The summed E-state index contributed by atoms with van der Waals surface area (Å²) in [7, 11) is -3.82. The van der Waals surface area contributed by atoms with Crippen molar-refractivity contribution in [3.63, 3.8) is 0 Å². The number of nitrogens with two attached hydrogens (primary N) is 1. The Hall–Kier alpha value is -1.25. The molecular formula is C12H13BrFN3O2S. The summed E-state index contributed by atoms with van der Waals surface area (Å²) in [4.78, 5) is 0.0185. The maximum absolute atomic E-state index is 13.3. The van der Waals surface area contributed by atoms with Gasteiger partial charge in [-0.3, -0.25) is 4.68 Å². The zero-order valence-electron chi connectivity index (χ0n) is 10.9.